The third kappa shape index (κ3) is 5.87. The third-order valence-corrected chi connectivity index (χ3v) is 3.47. The van der Waals surface area contributed by atoms with Crippen molar-refractivity contribution in [3.8, 4) is 5.75 Å². The summed E-state index contributed by atoms with van der Waals surface area (Å²) in [5, 5.41) is 3.38. The van der Waals surface area contributed by atoms with Crippen molar-refractivity contribution in [2.45, 2.75) is 13.2 Å². The zero-order valence-electron chi connectivity index (χ0n) is 12.1. The quantitative estimate of drug-likeness (QED) is 0.736. The number of nitrogens with one attached hydrogen (secondary N) is 1. The van der Waals surface area contributed by atoms with Gasteiger partial charge in [-0.05, 0) is 29.3 Å². The van der Waals surface area contributed by atoms with E-state index in [9.17, 15) is 0 Å². The first-order chi connectivity index (χ1) is 10.3. The lowest BCUT2D eigenvalue weighted by Crippen LogP contribution is -2.20. The van der Waals surface area contributed by atoms with Crippen LogP contribution < -0.4 is 10.1 Å². The molecule has 0 amide bonds. The van der Waals surface area contributed by atoms with Crippen LogP contribution in [0, 0.1) is 0 Å². The SMILES string of the molecule is COCc1cccc(CNCCOc2cccc(Br)c2)c1. The second-order valence-corrected chi connectivity index (χ2v) is 5.65. The van der Waals surface area contributed by atoms with E-state index in [1.54, 1.807) is 7.11 Å². The number of halogens is 1. The van der Waals surface area contributed by atoms with Crippen LogP contribution in [0.25, 0.3) is 0 Å². The molecule has 0 aliphatic rings. The van der Waals surface area contributed by atoms with Gasteiger partial charge in [0.05, 0.1) is 6.61 Å². The minimum atomic E-state index is 0.647. The largest absolute Gasteiger partial charge is 0.492 e. The Morgan fingerprint density at radius 2 is 1.86 bits per heavy atom. The molecule has 0 bridgehead atoms. The molecule has 4 heteroatoms. The van der Waals surface area contributed by atoms with Gasteiger partial charge in [-0.2, -0.15) is 0 Å². The average molecular weight is 350 g/mol. The van der Waals surface area contributed by atoms with E-state index in [-0.39, 0.29) is 0 Å². The lowest BCUT2D eigenvalue weighted by atomic mass is 10.1. The Labute approximate surface area is 134 Å². The van der Waals surface area contributed by atoms with Crippen molar-refractivity contribution in [1.82, 2.24) is 5.32 Å². The van der Waals surface area contributed by atoms with Crippen molar-refractivity contribution in [2.75, 3.05) is 20.3 Å². The molecule has 0 aliphatic carbocycles. The van der Waals surface area contributed by atoms with E-state index < -0.39 is 0 Å². The number of hydrogen-bond donors (Lipinski definition) is 1. The van der Waals surface area contributed by atoms with Gasteiger partial charge in [0, 0.05) is 24.7 Å². The summed E-state index contributed by atoms with van der Waals surface area (Å²) in [7, 11) is 1.71. The summed E-state index contributed by atoms with van der Waals surface area (Å²) in [6.45, 7) is 2.94. The molecule has 0 atom stereocenters. The van der Waals surface area contributed by atoms with Crippen molar-refractivity contribution in [2.24, 2.45) is 0 Å². The summed E-state index contributed by atoms with van der Waals surface area (Å²) in [5.41, 5.74) is 2.45. The van der Waals surface area contributed by atoms with Gasteiger partial charge in [-0.1, -0.05) is 46.3 Å². The molecule has 0 aliphatic heterocycles. The number of ether oxygens (including phenoxy) is 2. The standard InChI is InChI=1S/C17H20BrNO2/c1-20-13-15-5-2-4-14(10-15)12-19-8-9-21-17-7-3-6-16(18)11-17/h2-7,10-11,19H,8-9,12-13H2,1H3. The van der Waals surface area contributed by atoms with E-state index >= 15 is 0 Å². The molecule has 3 nitrogen and oxygen atoms in total. The highest BCUT2D eigenvalue weighted by Gasteiger charge is 1.97. The van der Waals surface area contributed by atoms with Crippen molar-refractivity contribution in [3.05, 3.63) is 64.1 Å². The molecule has 0 spiro atoms. The second kappa shape index (κ2) is 8.82. The Balaban J connectivity index is 1.69. The fraction of sp³-hybridized carbons (Fsp3) is 0.294. The Morgan fingerprint density at radius 1 is 1.05 bits per heavy atom. The smallest absolute Gasteiger partial charge is 0.120 e. The maximum atomic E-state index is 5.67. The van der Waals surface area contributed by atoms with E-state index in [4.69, 9.17) is 9.47 Å². The summed E-state index contributed by atoms with van der Waals surface area (Å²) in [4.78, 5) is 0. The number of methoxy groups -OCH3 is 1. The van der Waals surface area contributed by atoms with Gasteiger partial charge in [0.25, 0.3) is 0 Å². The summed E-state index contributed by atoms with van der Waals surface area (Å²) in [5.74, 6) is 0.883. The van der Waals surface area contributed by atoms with E-state index in [2.05, 4.69) is 45.5 Å². The Morgan fingerprint density at radius 3 is 2.67 bits per heavy atom. The molecule has 0 aromatic heterocycles. The molecule has 0 saturated heterocycles. The molecule has 0 heterocycles. The van der Waals surface area contributed by atoms with Gasteiger partial charge in [0.1, 0.15) is 12.4 Å². The first kappa shape index (κ1) is 16.0. The number of hydrogen-bond acceptors (Lipinski definition) is 3. The molecule has 2 aromatic rings. The van der Waals surface area contributed by atoms with Gasteiger partial charge in [-0.15, -0.1) is 0 Å². The predicted octanol–water partition coefficient (Wildman–Crippen LogP) is 3.76. The molecule has 1 N–H and O–H groups in total. The molecule has 112 valence electrons. The molecular formula is C17H20BrNO2. The van der Waals surface area contributed by atoms with Crippen LogP contribution in [0.1, 0.15) is 11.1 Å². The summed E-state index contributed by atoms with van der Waals surface area (Å²) in [6, 6.07) is 16.3. The number of rotatable bonds is 8. The van der Waals surface area contributed by atoms with Crippen LogP contribution in [0.5, 0.6) is 5.75 Å². The molecule has 2 aromatic carbocycles. The molecule has 0 fully saturated rings. The van der Waals surface area contributed by atoms with Crippen LogP contribution in [0.3, 0.4) is 0 Å². The maximum absolute atomic E-state index is 5.67. The Kier molecular flexibility index (Phi) is 6.73. The highest BCUT2D eigenvalue weighted by atomic mass is 79.9. The van der Waals surface area contributed by atoms with Crippen LogP contribution in [-0.4, -0.2) is 20.3 Å². The van der Waals surface area contributed by atoms with Gasteiger partial charge in [0.15, 0.2) is 0 Å². The van der Waals surface area contributed by atoms with E-state index in [0.29, 0.717) is 13.2 Å². The fourth-order valence-corrected chi connectivity index (χ4v) is 2.40. The van der Waals surface area contributed by atoms with E-state index in [1.807, 2.05) is 24.3 Å². The Bertz CT molecular complexity index is 560. The van der Waals surface area contributed by atoms with Crippen molar-refractivity contribution < 1.29 is 9.47 Å². The van der Waals surface area contributed by atoms with E-state index in [1.165, 1.54) is 11.1 Å². The Hall–Kier alpha value is -1.36. The van der Waals surface area contributed by atoms with Crippen LogP contribution in [0.15, 0.2) is 53.0 Å². The zero-order chi connectivity index (χ0) is 14.9. The normalized spacial score (nSPS) is 10.6. The van der Waals surface area contributed by atoms with Crippen LogP contribution in [0.2, 0.25) is 0 Å². The lowest BCUT2D eigenvalue weighted by molar-refractivity contribution is 0.185. The monoisotopic (exact) mass is 349 g/mol. The van der Waals surface area contributed by atoms with Crippen molar-refractivity contribution in [1.29, 1.82) is 0 Å². The summed E-state index contributed by atoms with van der Waals surface area (Å²) in [6.07, 6.45) is 0. The van der Waals surface area contributed by atoms with Crippen LogP contribution in [-0.2, 0) is 17.9 Å². The maximum Gasteiger partial charge on any atom is 0.120 e. The minimum Gasteiger partial charge on any atom is -0.492 e. The first-order valence-corrected chi connectivity index (χ1v) is 7.73. The third-order valence-electron chi connectivity index (χ3n) is 2.98. The fourth-order valence-electron chi connectivity index (χ4n) is 2.03. The van der Waals surface area contributed by atoms with Crippen LogP contribution >= 0.6 is 15.9 Å². The lowest BCUT2D eigenvalue weighted by Gasteiger charge is -2.09. The predicted molar refractivity (Wildman–Crippen MR) is 88.5 cm³/mol. The molecule has 2 rings (SSSR count). The van der Waals surface area contributed by atoms with Crippen LogP contribution in [0.4, 0.5) is 0 Å². The second-order valence-electron chi connectivity index (χ2n) is 4.74. The molecular weight excluding hydrogens is 330 g/mol. The van der Waals surface area contributed by atoms with Crippen molar-refractivity contribution in [3.63, 3.8) is 0 Å². The minimum absolute atomic E-state index is 0.647. The molecule has 0 saturated carbocycles. The van der Waals surface area contributed by atoms with Crippen molar-refractivity contribution >= 4 is 15.9 Å². The zero-order valence-corrected chi connectivity index (χ0v) is 13.7. The van der Waals surface area contributed by atoms with Gasteiger partial charge in [-0.25, -0.2) is 0 Å². The van der Waals surface area contributed by atoms with Gasteiger partial charge < -0.3 is 14.8 Å². The highest BCUT2D eigenvalue weighted by molar-refractivity contribution is 9.10. The van der Waals surface area contributed by atoms with Gasteiger partial charge in [0.2, 0.25) is 0 Å². The topological polar surface area (TPSA) is 30.5 Å². The summed E-state index contributed by atoms with van der Waals surface area (Å²) >= 11 is 3.43. The first-order valence-electron chi connectivity index (χ1n) is 6.94. The van der Waals surface area contributed by atoms with Gasteiger partial charge in [-0.3, -0.25) is 0 Å². The highest BCUT2D eigenvalue weighted by Crippen LogP contribution is 2.17. The molecule has 0 unspecified atom stereocenters. The van der Waals surface area contributed by atoms with Gasteiger partial charge >= 0.3 is 0 Å². The molecule has 21 heavy (non-hydrogen) atoms. The average Bonchev–Trinajstić information content (AvgIpc) is 2.48. The number of benzene rings is 2. The molecule has 0 radical (unpaired) electrons. The summed E-state index contributed by atoms with van der Waals surface area (Å²) < 4.78 is 11.8. The van der Waals surface area contributed by atoms with E-state index in [0.717, 1.165) is 23.3 Å².